The fourth-order valence-corrected chi connectivity index (χ4v) is 3.80. The first kappa shape index (κ1) is 15.7. The average molecular weight is 306 g/mol. The lowest BCUT2D eigenvalue weighted by atomic mass is 9.73. The van der Waals surface area contributed by atoms with Gasteiger partial charge in [0.2, 0.25) is 0 Å². The second-order valence-electron chi connectivity index (χ2n) is 6.42. The summed E-state index contributed by atoms with van der Waals surface area (Å²) >= 11 is 0. The first-order valence-corrected chi connectivity index (χ1v) is 8.35. The van der Waals surface area contributed by atoms with Gasteiger partial charge in [0.25, 0.3) is 0 Å². The normalized spacial score (nSPS) is 20.2. The molecule has 0 spiro atoms. The maximum atomic E-state index is 12.9. The number of benzene rings is 2. The summed E-state index contributed by atoms with van der Waals surface area (Å²) in [5.74, 6) is 0.177. The van der Waals surface area contributed by atoms with Gasteiger partial charge in [-0.25, -0.2) is 0 Å². The quantitative estimate of drug-likeness (QED) is 0.753. The van der Waals surface area contributed by atoms with Crippen LogP contribution >= 0.6 is 0 Å². The van der Waals surface area contributed by atoms with Crippen molar-refractivity contribution in [3.05, 3.63) is 71.8 Å². The number of hydrogen-bond donors (Lipinski definition) is 0. The van der Waals surface area contributed by atoms with Gasteiger partial charge in [-0.15, -0.1) is 0 Å². The number of Topliss-reactive ketones (excluding diaryl/α,β-unsaturated/α-hetero) is 2. The van der Waals surface area contributed by atoms with Gasteiger partial charge in [-0.05, 0) is 18.4 Å². The minimum Gasteiger partial charge on any atom is -0.299 e. The molecule has 0 amide bonds. The predicted molar refractivity (Wildman–Crippen MR) is 91.5 cm³/mol. The van der Waals surface area contributed by atoms with Crippen LogP contribution in [0.3, 0.4) is 0 Å². The van der Waals surface area contributed by atoms with Gasteiger partial charge in [-0.2, -0.15) is 0 Å². The second kappa shape index (κ2) is 6.91. The van der Waals surface area contributed by atoms with Crippen molar-refractivity contribution < 1.29 is 9.59 Å². The van der Waals surface area contributed by atoms with Crippen LogP contribution in [-0.2, 0) is 4.79 Å². The van der Waals surface area contributed by atoms with Crippen LogP contribution in [0, 0.1) is 11.8 Å². The van der Waals surface area contributed by atoms with Crippen LogP contribution < -0.4 is 0 Å². The summed E-state index contributed by atoms with van der Waals surface area (Å²) in [6.07, 6.45) is 2.49. The molecule has 3 atom stereocenters. The van der Waals surface area contributed by atoms with Gasteiger partial charge in [0.1, 0.15) is 5.78 Å². The third-order valence-electron chi connectivity index (χ3n) is 4.98. The zero-order chi connectivity index (χ0) is 16.2. The number of ketones is 2. The molecule has 0 radical (unpaired) electrons. The Morgan fingerprint density at radius 1 is 1.00 bits per heavy atom. The molecule has 0 bridgehead atoms. The van der Waals surface area contributed by atoms with Crippen molar-refractivity contribution in [3.8, 4) is 0 Å². The summed E-state index contributed by atoms with van der Waals surface area (Å²) < 4.78 is 0. The summed E-state index contributed by atoms with van der Waals surface area (Å²) in [5, 5.41) is 0. The minimum atomic E-state index is -0.202. The second-order valence-corrected chi connectivity index (χ2v) is 6.42. The number of hydrogen-bond acceptors (Lipinski definition) is 2. The van der Waals surface area contributed by atoms with Gasteiger partial charge >= 0.3 is 0 Å². The largest absolute Gasteiger partial charge is 0.299 e. The van der Waals surface area contributed by atoms with Crippen molar-refractivity contribution in [2.75, 3.05) is 0 Å². The van der Waals surface area contributed by atoms with E-state index < -0.39 is 0 Å². The van der Waals surface area contributed by atoms with E-state index in [1.54, 1.807) is 0 Å². The Kier molecular flexibility index (Phi) is 4.71. The van der Waals surface area contributed by atoms with Crippen LogP contribution in [0.4, 0.5) is 0 Å². The van der Waals surface area contributed by atoms with E-state index in [1.807, 2.05) is 67.6 Å². The molecule has 2 aromatic rings. The summed E-state index contributed by atoms with van der Waals surface area (Å²) in [7, 11) is 0. The maximum absolute atomic E-state index is 12.9. The van der Waals surface area contributed by atoms with Gasteiger partial charge in [0.15, 0.2) is 5.78 Å². The zero-order valence-corrected chi connectivity index (χ0v) is 13.4. The Labute approximate surface area is 137 Å². The Morgan fingerprint density at radius 3 is 2.17 bits per heavy atom. The highest BCUT2D eigenvalue weighted by molar-refractivity contribution is 5.98. The standard InChI is InChI=1S/C21H22O2/c1-15(21(23)17-11-6-3-7-12-17)20(16-9-4-2-5-10-16)18-13-8-14-19(18)22/h2-7,9-12,15,18,20H,8,13-14H2,1H3. The zero-order valence-electron chi connectivity index (χ0n) is 13.4. The van der Waals surface area contributed by atoms with Crippen LogP contribution in [0.2, 0.25) is 0 Å². The van der Waals surface area contributed by atoms with Crippen molar-refractivity contribution in [2.24, 2.45) is 11.8 Å². The van der Waals surface area contributed by atoms with Crippen molar-refractivity contribution >= 4 is 11.6 Å². The van der Waals surface area contributed by atoms with Gasteiger partial charge < -0.3 is 0 Å². The van der Waals surface area contributed by atoms with Crippen molar-refractivity contribution in [2.45, 2.75) is 32.1 Å². The van der Waals surface area contributed by atoms with Gasteiger partial charge in [0.05, 0.1) is 0 Å². The molecule has 118 valence electrons. The van der Waals surface area contributed by atoms with Crippen LogP contribution in [0.15, 0.2) is 60.7 Å². The smallest absolute Gasteiger partial charge is 0.166 e. The van der Waals surface area contributed by atoms with E-state index in [-0.39, 0.29) is 23.5 Å². The first-order chi connectivity index (χ1) is 11.2. The molecule has 1 fully saturated rings. The van der Waals surface area contributed by atoms with Crippen LogP contribution in [0.5, 0.6) is 0 Å². The molecular weight excluding hydrogens is 284 g/mol. The summed E-state index contributed by atoms with van der Waals surface area (Å²) in [5.41, 5.74) is 1.83. The fraction of sp³-hybridized carbons (Fsp3) is 0.333. The van der Waals surface area contributed by atoms with E-state index >= 15 is 0 Å². The fourth-order valence-electron chi connectivity index (χ4n) is 3.80. The van der Waals surface area contributed by atoms with E-state index in [0.717, 1.165) is 24.0 Å². The first-order valence-electron chi connectivity index (χ1n) is 8.35. The lowest BCUT2D eigenvalue weighted by molar-refractivity contribution is -0.121. The molecule has 2 heteroatoms. The number of carbonyl (C=O) groups excluding carboxylic acids is 2. The number of rotatable bonds is 5. The van der Waals surface area contributed by atoms with Gasteiger partial charge in [-0.1, -0.05) is 67.6 Å². The third-order valence-corrected chi connectivity index (χ3v) is 4.98. The molecule has 1 saturated carbocycles. The molecule has 0 aliphatic heterocycles. The molecule has 1 aliphatic carbocycles. The van der Waals surface area contributed by atoms with Crippen molar-refractivity contribution in [3.63, 3.8) is 0 Å². The summed E-state index contributed by atoms with van der Waals surface area (Å²) in [4.78, 5) is 25.3. The van der Waals surface area contributed by atoms with Crippen LogP contribution in [-0.4, -0.2) is 11.6 Å². The maximum Gasteiger partial charge on any atom is 0.166 e. The Balaban J connectivity index is 1.95. The Hall–Kier alpha value is -2.22. The van der Waals surface area contributed by atoms with Crippen LogP contribution in [0.1, 0.15) is 48.0 Å². The highest BCUT2D eigenvalue weighted by atomic mass is 16.1. The summed E-state index contributed by atoms with van der Waals surface area (Å²) in [6.45, 7) is 1.97. The van der Waals surface area contributed by atoms with Gasteiger partial charge in [0, 0.05) is 29.7 Å². The molecule has 1 aliphatic rings. The van der Waals surface area contributed by atoms with Gasteiger partial charge in [-0.3, -0.25) is 9.59 Å². The molecule has 0 aromatic heterocycles. The molecule has 2 aromatic carbocycles. The monoisotopic (exact) mass is 306 g/mol. The van der Waals surface area contributed by atoms with E-state index in [9.17, 15) is 9.59 Å². The van der Waals surface area contributed by atoms with E-state index in [4.69, 9.17) is 0 Å². The van der Waals surface area contributed by atoms with Crippen molar-refractivity contribution in [1.82, 2.24) is 0 Å². The lowest BCUT2D eigenvalue weighted by Gasteiger charge is -2.28. The Bertz CT molecular complexity index is 676. The van der Waals surface area contributed by atoms with E-state index in [1.165, 1.54) is 0 Å². The molecule has 3 unspecified atom stereocenters. The lowest BCUT2D eigenvalue weighted by Crippen LogP contribution is -2.28. The molecule has 0 N–H and O–H groups in total. The predicted octanol–water partition coefficient (Wildman–Crippen LogP) is 4.66. The third kappa shape index (κ3) is 3.26. The SMILES string of the molecule is CC(C(=O)c1ccccc1)C(c1ccccc1)C1CCCC1=O. The van der Waals surface area contributed by atoms with E-state index in [0.29, 0.717) is 12.2 Å². The average Bonchev–Trinajstić information content (AvgIpc) is 3.02. The molecule has 2 nitrogen and oxygen atoms in total. The van der Waals surface area contributed by atoms with Crippen LogP contribution in [0.25, 0.3) is 0 Å². The molecule has 3 rings (SSSR count). The Morgan fingerprint density at radius 2 is 1.61 bits per heavy atom. The topological polar surface area (TPSA) is 34.1 Å². The molecular formula is C21H22O2. The minimum absolute atomic E-state index is 0.0277. The highest BCUT2D eigenvalue weighted by Crippen LogP contribution is 2.40. The molecule has 0 saturated heterocycles. The number of carbonyl (C=O) groups is 2. The highest BCUT2D eigenvalue weighted by Gasteiger charge is 2.38. The molecule has 0 heterocycles. The van der Waals surface area contributed by atoms with Crippen molar-refractivity contribution in [1.29, 1.82) is 0 Å². The molecule has 23 heavy (non-hydrogen) atoms. The van der Waals surface area contributed by atoms with E-state index in [2.05, 4.69) is 0 Å². The summed E-state index contributed by atoms with van der Waals surface area (Å²) in [6, 6.07) is 19.4.